The van der Waals surface area contributed by atoms with E-state index in [1.165, 1.54) is 60.5 Å². The molecule has 8 rings (SSSR count). The molecule has 0 unspecified atom stereocenters. The summed E-state index contributed by atoms with van der Waals surface area (Å²) in [4.78, 5) is 0. The molecule has 0 bridgehead atoms. The van der Waals surface area contributed by atoms with E-state index in [-0.39, 0.29) is 20.4 Å². The third-order valence-electron chi connectivity index (χ3n) is 8.85. The van der Waals surface area contributed by atoms with Gasteiger partial charge in [-0.25, -0.2) is 16.8 Å². The van der Waals surface area contributed by atoms with Gasteiger partial charge in [0.1, 0.15) is 0 Å². The molecule has 0 saturated heterocycles. The van der Waals surface area contributed by atoms with Crippen LogP contribution in [-0.4, -0.2) is 27.9 Å². The van der Waals surface area contributed by atoms with E-state index in [0.29, 0.717) is 0 Å². The SMILES string of the molecule is O=S(=O)([N-]S(=O)(=O)C(F)(F)F)C(F)(F)F.[CH2][CH][CH2].[Pd+2].c1ccc(-c2ccc(-c3ccccc3)p2-c2ccccc2)cc1.c1ccc(-c2ccc(-c3ccccc3)p2-c2ccccc2)cc1. The molecule has 2 heterocycles. The molecule has 0 aliphatic carbocycles. The smallest absolute Gasteiger partial charge is 0.421 e. The van der Waals surface area contributed by atoms with Gasteiger partial charge in [-0.3, -0.25) is 0 Å². The van der Waals surface area contributed by atoms with Crippen molar-refractivity contribution in [1.82, 2.24) is 0 Å². The molecule has 0 aliphatic heterocycles. The number of alkyl halides is 6. The second-order valence-electron chi connectivity index (χ2n) is 13.2. The Morgan fingerprint density at radius 3 is 0.738 bits per heavy atom. The fraction of sp³-hybridized carbons (Fsp3) is 0.0408. The number of hydrogen-bond donors (Lipinski definition) is 0. The van der Waals surface area contributed by atoms with Gasteiger partial charge in [0.2, 0.25) is 0 Å². The summed E-state index contributed by atoms with van der Waals surface area (Å²) < 4.78 is 109. The summed E-state index contributed by atoms with van der Waals surface area (Å²) in [7, 11) is -14.4. The van der Waals surface area contributed by atoms with Gasteiger partial charge in [-0.05, 0) is 77.4 Å². The Kier molecular flexibility index (Phi) is 19.4. The predicted molar refractivity (Wildman–Crippen MR) is 251 cm³/mol. The molecule has 3 radical (unpaired) electrons. The average molecular weight is 1050 g/mol. The van der Waals surface area contributed by atoms with Crippen molar-refractivity contribution in [2.75, 3.05) is 0 Å². The van der Waals surface area contributed by atoms with Crippen molar-refractivity contribution in [3.8, 4) is 54.0 Å². The first kappa shape index (κ1) is 52.6. The molecule has 5 nitrogen and oxygen atoms in total. The van der Waals surface area contributed by atoms with Crippen molar-refractivity contribution in [1.29, 1.82) is 0 Å². The van der Waals surface area contributed by atoms with Gasteiger partial charge in [-0.2, -0.15) is 26.3 Å². The quantitative estimate of drug-likeness (QED) is 0.112. The summed E-state index contributed by atoms with van der Waals surface area (Å²) in [6, 6.07) is 74.0. The minimum Gasteiger partial charge on any atom is -0.421 e. The Labute approximate surface area is 392 Å². The minimum absolute atomic E-state index is 0. The number of sulfonamides is 2. The van der Waals surface area contributed by atoms with Gasteiger partial charge in [-0.15, -0.1) is 0 Å². The molecule has 2 aromatic heterocycles. The van der Waals surface area contributed by atoms with Crippen LogP contribution in [0.3, 0.4) is 0 Å². The molecule has 337 valence electrons. The predicted octanol–water partition coefficient (Wildman–Crippen LogP) is 15.9. The zero-order valence-corrected chi connectivity index (χ0v) is 39.0. The Morgan fingerprint density at radius 1 is 0.369 bits per heavy atom. The molecule has 0 fully saturated rings. The summed E-state index contributed by atoms with van der Waals surface area (Å²) in [5, 5.41) is 8.56. The third-order valence-corrected chi connectivity index (χ3v) is 16.8. The van der Waals surface area contributed by atoms with Gasteiger partial charge in [-0.1, -0.05) is 197 Å². The standard InChI is InChI=1S/2C22H17P.C3H5.C2F6NO4S2.Pd/c2*1-4-10-18(11-5-1)21-16-17-22(19-12-6-2-7-13-19)23(21)20-14-8-3-9-15-20;1-3-2;3-1(4,5)14(10,11)9-15(12,13)2(6,7)8;/h2*1-17H;3H,1-2H2;;/q;;;-1;+2. The maximum absolute atomic E-state index is 11.4. The van der Waals surface area contributed by atoms with Crippen LogP contribution in [0, 0.1) is 20.3 Å². The maximum Gasteiger partial charge on any atom is 2.00 e. The van der Waals surface area contributed by atoms with Gasteiger partial charge in [0.05, 0.1) is 0 Å². The van der Waals surface area contributed by atoms with Crippen molar-refractivity contribution < 1.29 is 63.6 Å². The van der Waals surface area contributed by atoms with Crippen molar-refractivity contribution >= 4 is 35.1 Å². The number of hydrogen-bond acceptors (Lipinski definition) is 4. The first-order valence-corrected chi connectivity index (χ1v) is 24.6. The van der Waals surface area contributed by atoms with Crippen molar-refractivity contribution in [2.45, 2.75) is 11.0 Å². The fourth-order valence-corrected chi connectivity index (χ4v) is 12.9. The first-order chi connectivity index (χ1) is 30.5. The van der Waals surface area contributed by atoms with Gasteiger partial charge < -0.3 is 4.13 Å². The number of rotatable bonds is 8. The topological polar surface area (TPSA) is 82.4 Å². The first-order valence-electron chi connectivity index (χ1n) is 19.0. The van der Waals surface area contributed by atoms with Crippen LogP contribution < -0.4 is 0 Å². The van der Waals surface area contributed by atoms with Gasteiger partial charge in [0, 0.05) is 21.2 Å². The number of halogens is 6. The van der Waals surface area contributed by atoms with E-state index >= 15 is 0 Å². The van der Waals surface area contributed by atoms with Gasteiger partial charge in [0.15, 0.2) is 20.0 Å². The summed E-state index contributed by atoms with van der Waals surface area (Å²) in [6.07, 6.45) is 1.50. The van der Waals surface area contributed by atoms with Crippen LogP contribution >= 0.6 is 15.1 Å². The van der Waals surface area contributed by atoms with E-state index in [2.05, 4.69) is 220 Å². The monoisotopic (exact) mass is 1050 g/mol. The summed E-state index contributed by atoms with van der Waals surface area (Å²) in [5.74, 6) is 0. The maximum atomic E-state index is 11.4. The number of benzene rings is 6. The van der Waals surface area contributed by atoms with Crippen LogP contribution in [0.2, 0.25) is 0 Å². The van der Waals surface area contributed by atoms with E-state index in [1.807, 2.05) is 0 Å². The summed E-state index contributed by atoms with van der Waals surface area (Å²) in [6.45, 7) is 6.50. The van der Waals surface area contributed by atoms with Gasteiger partial charge >= 0.3 is 31.4 Å². The molecule has 6 aromatic carbocycles. The largest absolute Gasteiger partial charge is 2.00 e. The van der Waals surface area contributed by atoms with Crippen molar-refractivity contribution in [2.24, 2.45) is 0 Å². The normalized spacial score (nSPS) is 11.3. The molecule has 0 amide bonds. The molecule has 0 saturated carbocycles. The van der Waals surface area contributed by atoms with Gasteiger partial charge in [0.25, 0.3) is 0 Å². The van der Waals surface area contributed by atoms with E-state index in [9.17, 15) is 43.2 Å². The molecule has 8 aromatic rings. The van der Waals surface area contributed by atoms with Crippen LogP contribution in [0.25, 0.3) is 58.2 Å². The molecular weight excluding hydrogens is 1010 g/mol. The summed E-state index contributed by atoms with van der Waals surface area (Å²) in [5.41, 5.74) is -7.11. The Balaban J connectivity index is 0.000000211. The van der Waals surface area contributed by atoms with Crippen LogP contribution in [-0.2, 0) is 40.5 Å². The average Bonchev–Trinajstić information content (AvgIpc) is 3.94. The van der Waals surface area contributed by atoms with Crippen LogP contribution in [0.5, 0.6) is 0 Å². The van der Waals surface area contributed by atoms with Crippen LogP contribution in [0.15, 0.2) is 206 Å². The van der Waals surface area contributed by atoms with E-state index < -0.39 is 46.1 Å². The molecule has 0 spiro atoms. The fourth-order valence-electron chi connectivity index (χ4n) is 6.13. The second kappa shape index (κ2) is 24.0. The molecule has 65 heavy (non-hydrogen) atoms. The third kappa shape index (κ3) is 14.0. The van der Waals surface area contributed by atoms with Crippen molar-refractivity contribution in [3.05, 3.63) is 231 Å². The Morgan fingerprint density at radius 2 is 0.554 bits per heavy atom. The van der Waals surface area contributed by atoms with Crippen molar-refractivity contribution in [3.63, 3.8) is 0 Å². The van der Waals surface area contributed by atoms with E-state index in [1.54, 1.807) is 0 Å². The molecular formula is C49H39F6NO4P2PdS2+. The molecule has 0 N–H and O–H groups in total. The van der Waals surface area contributed by atoms with Crippen LogP contribution in [0.4, 0.5) is 26.3 Å². The molecule has 16 heteroatoms. The Bertz CT molecular complexity index is 2570. The van der Waals surface area contributed by atoms with E-state index in [4.69, 9.17) is 0 Å². The minimum atomic E-state index is -6.72. The molecule has 0 atom stereocenters. The Hall–Kier alpha value is -5.02. The number of nitrogens with zero attached hydrogens (tertiary/aromatic N) is 1. The van der Waals surface area contributed by atoms with E-state index in [0.717, 1.165) is 4.13 Å². The van der Waals surface area contributed by atoms with Crippen LogP contribution in [0.1, 0.15) is 0 Å². The summed E-state index contributed by atoms with van der Waals surface area (Å²) >= 11 is 0. The zero-order valence-electron chi connectivity index (χ0n) is 34.0. The second-order valence-corrected chi connectivity index (χ2v) is 20.9. The zero-order chi connectivity index (χ0) is 46.4. The molecule has 0 aliphatic rings.